The minimum atomic E-state index is 0.340. The van der Waals surface area contributed by atoms with E-state index < -0.39 is 0 Å². The Balaban J connectivity index is 3.10. The summed E-state index contributed by atoms with van der Waals surface area (Å²) in [6.45, 7) is 16.2. The Morgan fingerprint density at radius 2 is 1.82 bits per heavy atom. The van der Waals surface area contributed by atoms with Gasteiger partial charge in [0.25, 0.3) is 0 Å². The molecule has 2 unspecified atom stereocenters. The molecule has 0 saturated carbocycles. The van der Waals surface area contributed by atoms with Crippen LogP contribution in [-0.4, -0.2) is 0 Å². The third-order valence-electron chi connectivity index (χ3n) is 3.97. The van der Waals surface area contributed by atoms with Gasteiger partial charge >= 0.3 is 0 Å². The van der Waals surface area contributed by atoms with Crippen molar-refractivity contribution in [2.45, 2.75) is 39.0 Å². The maximum Gasteiger partial charge on any atom is 0.0334 e. The molecule has 0 aliphatic rings. The highest BCUT2D eigenvalue weighted by Crippen LogP contribution is 2.36. The summed E-state index contributed by atoms with van der Waals surface area (Å²) < 4.78 is 0. The third kappa shape index (κ3) is 5.69. The maximum atomic E-state index is 5.84. The lowest BCUT2D eigenvalue weighted by Crippen LogP contribution is -2.14. The topological polar surface area (TPSA) is 0 Å². The standard InChI is InChI=1S/C21H27Cl/c1-6-8-20(17(4)12-13-18(5)22)21(9-7-2)19-14-10-16(3)11-15-19/h6,10-15,20-21H,1,4-5,7-9H2,2-3H3/b13-12-. The molecule has 1 rings (SSSR count). The smallest absolute Gasteiger partial charge is 0.0334 e. The van der Waals surface area contributed by atoms with Gasteiger partial charge in [-0.1, -0.05) is 85.7 Å². The Morgan fingerprint density at radius 1 is 1.18 bits per heavy atom. The molecule has 0 N–H and O–H groups in total. The number of allylic oxidation sites excluding steroid dienone is 5. The van der Waals surface area contributed by atoms with Gasteiger partial charge in [0.15, 0.2) is 0 Å². The van der Waals surface area contributed by atoms with Gasteiger partial charge in [-0.05, 0) is 43.2 Å². The van der Waals surface area contributed by atoms with Crippen LogP contribution in [0.25, 0.3) is 0 Å². The van der Waals surface area contributed by atoms with Crippen molar-refractivity contribution in [3.05, 3.63) is 84.0 Å². The van der Waals surface area contributed by atoms with Crippen LogP contribution < -0.4 is 0 Å². The van der Waals surface area contributed by atoms with E-state index in [1.54, 1.807) is 0 Å². The average Bonchev–Trinajstić information content (AvgIpc) is 2.49. The molecule has 0 aliphatic heterocycles. The van der Waals surface area contributed by atoms with Crippen molar-refractivity contribution >= 4 is 11.6 Å². The van der Waals surface area contributed by atoms with Gasteiger partial charge < -0.3 is 0 Å². The highest BCUT2D eigenvalue weighted by Gasteiger charge is 2.23. The van der Waals surface area contributed by atoms with Crippen LogP contribution in [0, 0.1) is 12.8 Å². The van der Waals surface area contributed by atoms with Crippen molar-refractivity contribution in [3.63, 3.8) is 0 Å². The molecule has 0 heterocycles. The predicted molar refractivity (Wildman–Crippen MR) is 100 cm³/mol. The zero-order valence-corrected chi connectivity index (χ0v) is 14.6. The second kappa shape index (κ2) is 9.48. The van der Waals surface area contributed by atoms with E-state index >= 15 is 0 Å². The molecule has 0 nitrogen and oxygen atoms in total. The van der Waals surface area contributed by atoms with Gasteiger partial charge in [-0.15, -0.1) is 6.58 Å². The Kier molecular flexibility index (Phi) is 7.98. The molecule has 0 aromatic heterocycles. The number of aryl methyl sites for hydroxylation is 1. The van der Waals surface area contributed by atoms with Gasteiger partial charge in [-0.3, -0.25) is 0 Å². The maximum absolute atomic E-state index is 5.84. The molecule has 2 atom stereocenters. The third-order valence-corrected chi connectivity index (χ3v) is 4.09. The first-order valence-electron chi connectivity index (χ1n) is 7.88. The van der Waals surface area contributed by atoms with Gasteiger partial charge in [0.1, 0.15) is 0 Å². The van der Waals surface area contributed by atoms with Gasteiger partial charge in [0.05, 0.1) is 0 Å². The van der Waals surface area contributed by atoms with E-state index in [0.717, 1.165) is 24.8 Å². The quantitative estimate of drug-likeness (QED) is 0.342. The summed E-state index contributed by atoms with van der Waals surface area (Å²) >= 11 is 5.84. The zero-order valence-electron chi connectivity index (χ0n) is 13.8. The van der Waals surface area contributed by atoms with Crippen LogP contribution in [0.3, 0.4) is 0 Å². The fourth-order valence-electron chi connectivity index (χ4n) is 2.80. The molecule has 0 radical (unpaired) electrons. The molecule has 1 heteroatoms. The molecule has 118 valence electrons. The minimum Gasteiger partial charge on any atom is -0.103 e. The summed E-state index contributed by atoms with van der Waals surface area (Å²) in [5, 5.41) is 0.529. The van der Waals surface area contributed by atoms with Crippen molar-refractivity contribution < 1.29 is 0 Å². The van der Waals surface area contributed by atoms with E-state index in [0.29, 0.717) is 16.9 Å². The van der Waals surface area contributed by atoms with Crippen molar-refractivity contribution in [2.24, 2.45) is 5.92 Å². The first-order chi connectivity index (χ1) is 10.5. The van der Waals surface area contributed by atoms with E-state index in [1.165, 1.54) is 11.1 Å². The average molecular weight is 315 g/mol. The number of hydrogen-bond acceptors (Lipinski definition) is 0. The van der Waals surface area contributed by atoms with Crippen molar-refractivity contribution in [2.75, 3.05) is 0 Å². The molecular formula is C21H27Cl. The minimum absolute atomic E-state index is 0.340. The van der Waals surface area contributed by atoms with Crippen LogP contribution in [0.15, 0.2) is 72.8 Å². The summed E-state index contributed by atoms with van der Waals surface area (Å²) in [6, 6.07) is 8.84. The fourth-order valence-corrected chi connectivity index (χ4v) is 2.86. The Bertz CT molecular complexity index is 534. The van der Waals surface area contributed by atoms with Crippen molar-refractivity contribution in [1.29, 1.82) is 0 Å². The van der Waals surface area contributed by atoms with Gasteiger partial charge in [-0.2, -0.15) is 0 Å². The highest BCUT2D eigenvalue weighted by atomic mass is 35.5. The second-order valence-electron chi connectivity index (χ2n) is 5.79. The molecule has 0 fully saturated rings. The molecule has 0 spiro atoms. The number of benzene rings is 1. The van der Waals surface area contributed by atoms with Crippen LogP contribution in [0.5, 0.6) is 0 Å². The monoisotopic (exact) mass is 314 g/mol. The summed E-state index contributed by atoms with van der Waals surface area (Å²) in [5.41, 5.74) is 3.75. The van der Waals surface area contributed by atoms with Crippen LogP contribution in [0.1, 0.15) is 43.2 Å². The molecule has 1 aromatic carbocycles. The largest absolute Gasteiger partial charge is 0.103 e. The molecule has 0 bridgehead atoms. The summed E-state index contributed by atoms with van der Waals surface area (Å²) in [6.07, 6.45) is 8.98. The van der Waals surface area contributed by atoms with E-state index in [9.17, 15) is 0 Å². The molecule has 0 amide bonds. The second-order valence-corrected chi connectivity index (χ2v) is 6.28. The summed E-state index contributed by atoms with van der Waals surface area (Å²) in [4.78, 5) is 0. The Labute approximate surface area is 140 Å². The summed E-state index contributed by atoms with van der Waals surface area (Å²) in [5.74, 6) is 0.789. The lowest BCUT2D eigenvalue weighted by Gasteiger charge is -2.27. The van der Waals surface area contributed by atoms with E-state index in [1.807, 2.05) is 18.2 Å². The molecule has 1 aromatic rings. The number of hydrogen-bond donors (Lipinski definition) is 0. The SMILES string of the molecule is C=CCC(C(=C)/C=C\C(=C)Cl)C(CCC)c1ccc(C)cc1. The van der Waals surface area contributed by atoms with Crippen LogP contribution >= 0.6 is 11.6 Å². The van der Waals surface area contributed by atoms with E-state index in [2.05, 4.69) is 57.8 Å². The fraction of sp³-hybridized carbons (Fsp3) is 0.333. The normalized spacial score (nSPS) is 13.8. The van der Waals surface area contributed by atoms with E-state index in [4.69, 9.17) is 11.6 Å². The zero-order chi connectivity index (χ0) is 16.5. The van der Waals surface area contributed by atoms with Crippen LogP contribution in [0.4, 0.5) is 0 Å². The predicted octanol–water partition coefficient (Wildman–Crippen LogP) is 6.94. The van der Waals surface area contributed by atoms with E-state index in [-0.39, 0.29) is 0 Å². The molecule has 0 aliphatic carbocycles. The van der Waals surface area contributed by atoms with Crippen molar-refractivity contribution in [3.8, 4) is 0 Å². The Hall–Kier alpha value is -1.53. The highest BCUT2D eigenvalue weighted by molar-refractivity contribution is 6.30. The lowest BCUT2D eigenvalue weighted by molar-refractivity contribution is 0.462. The number of halogens is 1. The van der Waals surface area contributed by atoms with Gasteiger partial charge in [0.2, 0.25) is 0 Å². The van der Waals surface area contributed by atoms with Gasteiger partial charge in [0, 0.05) is 5.03 Å². The van der Waals surface area contributed by atoms with Crippen LogP contribution in [-0.2, 0) is 0 Å². The Morgan fingerprint density at radius 3 is 2.32 bits per heavy atom. The lowest BCUT2D eigenvalue weighted by atomic mass is 9.77. The van der Waals surface area contributed by atoms with Crippen LogP contribution in [0.2, 0.25) is 0 Å². The molecule has 0 saturated heterocycles. The molecule has 22 heavy (non-hydrogen) atoms. The number of rotatable bonds is 9. The summed E-state index contributed by atoms with van der Waals surface area (Å²) in [7, 11) is 0. The van der Waals surface area contributed by atoms with Crippen molar-refractivity contribution in [1.82, 2.24) is 0 Å². The first kappa shape index (κ1) is 18.5. The molecular weight excluding hydrogens is 288 g/mol. The first-order valence-corrected chi connectivity index (χ1v) is 8.26. The van der Waals surface area contributed by atoms with Gasteiger partial charge in [-0.25, -0.2) is 0 Å².